The van der Waals surface area contributed by atoms with Gasteiger partial charge in [-0.1, -0.05) is 0 Å². The molecule has 0 saturated carbocycles. The van der Waals surface area contributed by atoms with Gasteiger partial charge in [0.15, 0.2) is 11.6 Å². The van der Waals surface area contributed by atoms with E-state index in [1.54, 1.807) is 0 Å². The summed E-state index contributed by atoms with van der Waals surface area (Å²) in [5, 5.41) is 18.3. The number of halogens is 1. The summed E-state index contributed by atoms with van der Waals surface area (Å²) >= 11 is 0. The van der Waals surface area contributed by atoms with Gasteiger partial charge in [-0.05, 0) is 39.0 Å². The molecule has 31 heavy (non-hydrogen) atoms. The van der Waals surface area contributed by atoms with Gasteiger partial charge in [-0.3, -0.25) is 9.80 Å². The van der Waals surface area contributed by atoms with Gasteiger partial charge in [-0.15, -0.1) is 0 Å². The zero-order valence-electron chi connectivity index (χ0n) is 18.4. The fourth-order valence-electron chi connectivity index (χ4n) is 4.16. The summed E-state index contributed by atoms with van der Waals surface area (Å²) in [6, 6.07) is 6.10. The Morgan fingerprint density at radius 3 is 2.39 bits per heavy atom. The molecule has 8 nitrogen and oxygen atoms in total. The SMILES string of the molecule is CC(C)(C)N(CCN1CC2CN(CCOc3ccc(C#N)cc3F)CC(C1)O2)C(=O)O. The van der Waals surface area contributed by atoms with Gasteiger partial charge >= 0.3 is 6.09 Å². The van der Waals surface area contributed by atoms with Crippen molar-refractivity contribution >= 4 is 6.09 Å². The first-order chi connectivity index (χ1) is 14.7. The first-order valence-corrected chi connectivity index (χ1v) is 10.6. The topological polar surface area (TPSA) is 89.3 Å². The van der Waals surface area contributed by atoms with Crippen LogP contribution in [0.3, 0.4) is 0 Å². The van der Waals surface area contributed by atoms with E-state index >= 15 is 0 Å². The zero-order valence-corrected chi connectivity index (χ0v) is 18.4. The van der Waals surface area contributed by atoms with Crippen LogP contribution < -0.4 is 4.74 Å². The minimum Gasteiger partial charge on any atom is -0.489 e. The van der Waals surface area contributed by atoms with E-state index in [0.717, 1.165) is 26.2 Å². The standard InChI is InChI=1S/C22H31FN4O4/c1-22(2,3)27(21(28)29)7-6-25-12-17-14-26(15-18(13-25)31-17)8-9-30-20-5-4-16(11-24)10-19(20)23/h4-5,10,17-18H,6-9,12-15H2,1-3H3,(H,28,29). The van der Waals surface area contributed by atoms with E-state index in [-0.39, 0.29) is 23.5 Å². The summed E-state index contributed by atoms with van der Waals surface area (Å²) < 4.78 is 25.6. The smallest absolute Gasteiger partial charge is 0.407 e. The van der Waals surface area contributed by atoms with Gasteiger partial charge < -0.3 is 19.5 Å². The summed E-state index contributed by atoms with van der Waals surface area (Å²) in [6.07, 6.45) is -0.773. The van der Waals surface area contributed by atoms with Crippen LogP contribution in [0.1, 0.15) is 26.3 Å². The Bertz CT molecular complexity index is 809. The van der Waals surface area contributed by atoms with Crippen molar-refractivity contribution in [1.29, 1.82) is 5.26 Å². The van der Waals surface area contributed by atoms with Crippen LogP contribution in [-0.2, 0) is 4.74 Å². The molecule has 1 N–H and O–H groups in total. The van der Waals surface area contributed by atoms with Gasteiger partial charge in [-0.2, -0.15) is 5.26 Å². The number of carboxylic acid groups (broad SMARTS) is 1. The van der Waals surface area contributed by atoms with Crippen LogP contribution in [0.25, 0.3) is 0 Å². The van der Waals surface area contributed by atoms with Crippen molar-refractivity contribution < 1.29 is 23.8 Å². The molecular weight excluding hydrogens is 403 g/mol. The fraction of sp³-hybridized carbons (Fsp3) is 0.636. The summed E-state index contributed by atoms with van der Waals surface area (Å²) in [7, 11) is 0. The highest BCUT2D eigenvalue weighted by Crippen LogP contribution is 2.21. The number of ether oxygens (including phenoxy) is 2. The minimum atomic E-state index is -0.897. The Labute approximate surface area is 182 Å². The lowest BCUT2D eigenvalue weighted by atomic mass is 10.1. The number of hydrogen-bond donors (Lipinski definition) is 1. The molecule has 2 heterocycles. The molecular formula is C22H31FN4O4. The molecule has 9 heteroatoms. The number of carbonyl (C=O) groups is 1. The number of morpholine rings is 2. The molecule has 0 radical (unpaired) electrons. The highest BCUT2D eigenvalue weighted by molar-refractivity contribution is 5.65. The maximum absolute atomic E-state index is 13.9. The van der Waals surface area contributed by atoms with E-state index < -0.39 is 17.4 Å². The summed E-state index contributed by atoms with van der Waals surface area (Å²) in [4.78, 5) is 17.6. The Morgan fingerprint density at radius 2 is 1.87 bits per heavy atom. The van der Waals surface area contributed by atoms with E-state index in [2.05, 4.69) is 9.80 Å². The molecule has 3 rings (SSSR count). The second-order valence-electron chi connectivity index (χ2n) is 9.11. The molecule has 0 aromatic heterocycles. The fourth-order valence-corrected chi connectivity index (χ4v) is 4.16. The average molecular weight is 435 g/mol. The summed E-state index contributed by atoms with van der Waals surface area (Å²) in [5.41, 5.74) is -0.163. The molecule has 170 valence electrons. The summed E-state index contributed by atoms with van der Waals surface area (Å²) in [5.74, 6) is -0.375. The third-order valence-corrected chi connectivity index (χ3v) is 5.64. The molecule has 1 aromatic carbocycles. The van der Waals surface area contributed by atoms with Crippen LogP contribution in [0.15, 0.2) is 18.2 Å². The molecule has 2 atom stereocenters. The number of amides is 1. The molecule has 0 aliphatic carbocycles. The third-order valence-electron chi connectivity index (χ3n) is 5.64. The van der Waals surface area contributed by atoms with Gasteiger partial charge in [0, 0.05) is 51.4 Å². The van der Waals surface area contributed by atoms with Crippen molar-refractivity contribution in [1.82, 2.24) is 14.7 Å². The minimum absolute atomic E-state index is 0.0621. The van der Waals surface area contributed by atoms with Crippen LogP contribution in [0.4, 0.5) is 9.18 Å². The Morgan fingerprint density at radius 1 is 1.26 bits per heavy atom. The highest BCUT2D eigenvalue weighted by Gasteiger charge is 2.35. The molecule has 2 unspecified atom stereocenters. The number of hydrogen-bond acceptors (Lipinski definition) is 6. The molecule has 2 aliphatic rings. The second kappa shape index (κ2) is 9.81. The lowest BCUT2D eigenvalue weighted by Gasteiger charge is -2.46. The average Bonchev–Trinajstić information content (AvgIpc) is 2.67. The molecule has 1 amide bonds. The molecule has 2 aliphatic heterocycles. The van der Waals surface area contributed by atoms with Gasteiger partial charge in [0.2, 0.25) is 0 Å². The first kappa shape index (κ1) is 23.3. The monoisotopic (exact) mass is 434 g/mol. The van der Waals surface area contributed by atoms with Gasteiger partial charge in [-0.25, -0.2) is 9.18 Å². The van der Waals surface area contributed by atoms with Crippen LogP contribution in [-0.4, -0.2) is 96.1 Å². The lowest BCUT2D eigenvalue weighted by molar-refractivity contribution is -0.140. The molecule has 1 aromatic rings. The maximum Gasteiger partial charge on any atom is 0.407 e. The summed E-state index contributed by atoms with van der Waals surface area (Å²) in [6.45, 7) is 10.9. The predicted octanol–water partition coefficient (Wildman–Crippen LogP) is 2.24. The maximum atomic E-state index is 13.9. The van der Waals surface area contributed by atoms with Crippen LogP contribution in [0, 0.1) is 17.1 Å². The van der Waals surface area contributed by atoms with E-state index in [9.17, 15) is 14.3 Å². The second-order valence-corrected chi connectivity index (χ2v) is 9.11. The van der Waals surface area contributed by atoms with Crippen LogP contribution in [0.2, 0.25) is 0 Å². The molecule has 0 spiro atoms. The van der Waals surface area contributed by atoms with Gasteiger partial charge in [0.1, 0.15) is 6.61 Å². The van der Waals surface area contributed by atoms with Crippen molar-refractivity contribution in [2.75, 3.05) is 52.4 Å². The molecule has 2 fully saturated rings. The number of rotatable bonds is 7. The predicted molar refractivity (Wildman–Crippen MR) is 113 cm³/mol. The van der Waals surface area contributed by atoms with Crippen molar-refractivity contribution in [3.8, 4) is 11.8 Å². The number of nitriles is 1. The van der Waals surface area contributed by atoms with E-state index in [1.165, 1.54) is 23.1 Å². The first-order valence-electron chi connectivity index (χ1n) is 10.6. The van der Waals surface area contributed by atoms with Gasteiger partial charge in [0.25, 0.3) is 0 Å². The van der Waals surface area contributed by atoms with Crippen molar-refractivity contribution in [2.24, 2.45) is 0 Å². The van der Waals surface area contributed by atoms with Gasteiger partial charge in [0.05, 0.1) is 23.8 Å². The number of nitrogens with zero attached hydrogens (tertiary/aromatic N) is 4. The van der Waals surface area contributed by atoms with E-state index in [0.29, 0.717) is 26.2 Å². The third kappa shape index (κ3) is 6.29. The van der Waals surface area contributed by atoms with Crippen LogP contribution >= 0.6 is 0 Å². The molecule has 2 bridgehead atoms. The zero-order chi connectivity index (χ0) is 22.6. The van der Waals surface area contributed by atoms with E-state index in [4.69, 9.17) is 14.7 Å². The van der Waals surface area contributed by atoms with E-state index in [1.807, 2.05) is 26.8 Å². The van der Waals surface area contributed by atoms with Crippen molar-refractivity contribution in [2.45, 2.75) is 38.5 Å². The highest BCUT2D eigenvalue weighted by atomic mass is 19.1. The molecule has 2 saturated heterocycles. The van der Waals surface area contributed by atoms with Crippen LogP contribution in [0.5, 0.6) is 5.75 Å². The van der Waals surface area contributed by atoms with Crippen molar-refractivity contribution in [3.05, 3.63) is 29.6 Å². The van der Waals surface area contributed by atoms with Crippen molar-refractivity contribution in [3.63, 3.8) is 0 Å². The largest absolute Gasteiger partial charge is 0.489 e. The number of fused-ring (bicyclic) bond motifs is 2. The quantitative estimate of drug-likeness (QED) is 0.704. The number of benzene rings is 1. The lowest BCUT2D eigenvalue weighted by Crippen LogP contribution is -2.61. The Balaban J connectivity index is 1.44. The normalized spacial score (nSPS) is 22.0. The Kier molecular flexibility index (Phi) is 7.36. The Hall–Kier alpha value is -2.41.